The van der Waals surface area contributed by atoms with Crippen molar-refractivity contribution in [2.24, 2.45) is 0 Å². The van der Waals surface area contributed by atoms with Crippen molar-refractivity contribution in [1.82, 2.24) is 14.8 Å². The van der Waals surface area contributed by atoms with E-state index in [2.05, 4.69) is 10.1 Å². The molecule has 1 N–H and O–H groups in total. The van der Waals surface area contributed by atoms with Gasteiger partial charge in [0.1, 0.15) is 11.6 Å². The van der Waals surface area contributed by atoms with E-state index >= 15 is 0 Å². The van der Waals surface area contributed by atoms with E-state index in [1.165, 1.54) is 0 Å². The van der Waals surface area contributed by atoms with Crippen LogP contribution in [-0.2, 0) is 18.7 Å². The first-order valence-corrected chi connectivity index (χ1v) is 8.78. The lowest BCUT2D eigenvalue weighted by Crippen LogP contribution is -2.17. The third-order valence-electron chi connectivity index (χ3n) is 3.44. The predicted molar refractivity (Wildman–Crippen MR) is 89.3 cm³/mol. The van der Waals surface area contributed by atoms with Gasteiger partial charge in [0.05, 0.1) is 25.5 Å². The molecule has 22 heavy (non-hydrogen) atoms. The molecule has 0 fully saturated rings. The van der Waals surface area contributed by atoms with E-state index in [4.69, 9.17) is 4.74 Å². The molecule has 0 aliphatic heterocycles. The molecule has 0 aliphatic carbocycles. The number of ether oxygens (including phenoxy) is 1. The molecule has 0 bridgehead atoms. The van der Waals surface area contributed by atoms with Crippen LogP contribution in [-0.4, -0.2) is 39.3 Å². The first-order chi connectivity index (χ1) is 10.7. The third-order valence-corrected chi connectivity index (χ3v) is 3.99. The topological polar surface area (TPSA) is 60.2 Å². The average Bonchev–Trinajstić information content (AvgIpc) is 2.89. The fraction of sp³-hybridized carbons (Fsp3) is 0.500. The molecule has 120 valence electrons. The van der Waals surface area contributed by atoms with E-state index in [0.717, 1.165) is 28.7 Å². The summed E-state index contributed by atoms with van der Waals surface area (Å²) in [5.74, 6) is 3.35. The van der Waals surface area contributed by atoms with Crippen molar-refractivity contribution in [3.8, 4) is 5.75 Å². The first kappa shape index (κ1) is 16.8. The normalized spacial score (nSPS) is 12.4. The van der Waals surface area contributed by atoms with Crippen LogP contribution >= 0.6 is 11.8 Å². The second-order valence-corrected chi connectivity index (χ2v) is 6.01. The van der Waals surface area contributed by atoms with Gasteiger partial charge in [0.15, 0.2) is 5.82 Å². The number of methoxy groups -OCH3 is 1. The molecule has 0 radical (unpaired) electrons. The molecule has 1 atom stereocenters. The van der Waals surface area contributed by atoms with Crippen LogP contribution in [0.1, 0.15) is 30.6 Å². The molecule has 2 aromatic rings. The highest BCUT2D eigenvalue weighted by Gasteiger charge is 2.13. The standard InChI is InChI=1S/C16H23N3O2S/c1-4-13(20)10-19-16(11-22-3)17-15(18-19)9-12-5-7-14(21-2)8-6-12/h5-8,13,20H,4,9-11H2,1-3H3/t13-/m0/s1. The molecular weight excluding hydrogens is 298 g/mol. The Morgan fingerprint density at radius 2 is 2.05 bits per heavy atom. The summed E-state index contributed by atoms with van der Waals surface area (Å²) in [4.78, 5) is 4.61. The van der Waals surface area contributed by atoms with Gasteiger partial charge in [0, 0.05) is 6.42 Å². The van der Waals surface area contributed by atoms with E-state index in [1.54, 1.807) is 18.9 Å². The summed E-state index contributed by atoms with van der Waals surface area (Å²) in [7, 11) is 1.66. The highest BCUT2D eigenvalue weighted by atomic mass is 32.2. The third kappa shape index (κ3) is 4.48. The van der Waals surface area contributed by atoms with E-state index in [-0.39, 0.29) is 6.10 Å². The van der Waals surface area contributed by atoms with Crippen LogP contribution in [0.15, 0.2) is 24.3 Å². The van der Waals surface area contributed by atoms with Crippen molar-refractivity contribution in [2.75, 3.05) is 13.4 Å². The van der Waals surface area contributed by atoms with E-state index in [0.29, 0.717) is 19.4 Å². The van der Waals surface area contributed by atoms with Crippen LogP contribution in [0.4, 0.5) is 0 Å². The van der Waals surface area contributed by atoms with Gasteiger partial charge in [-0.15, -0.1) is 0 Å². The van der Waals surface area contributed by atoms with Gasteiger partial charge in [-0.05, 0) is 30.4 Å². The van der Waals surface area contributed by atoms with E-state index < -0.39 is 0 Å². The van der Waals surface area contributed by atoms with Crippen LogP contribution < -0.4 is 4.74 Å². The van der Waals surface area contributed by atoms with Gasteiger partial charge in [-0.3, -0.25) is 0 Å². The Kier molecular flexibility index (Phi) is 6.27. The van der Waals surface area contributed by atoms with E-state index in [1.807, 2.05) is 42.1 Å². The van der Waals surface area contributed by atoms with Gasteiger partial charge in [0.2, 0.25) is 0 Å². The minimum atomic E-state index is -0.379. The summed E-state index contributed by atoms with van der Waals surface area (Å²) < 4.78 is 7.00. The lowest BCUT2D eigenvalue weighted by Gasteiger charge is -2.09. The lowest BCUT2D eigenvalue weighted by atomic mass is 10.1. The zero-order valence-electron chi connectivity index (χ0n) is 13.3. The zero-order chi connectivity index (χ0) is 15.9. The molecule has 0 saturated carbocycles. The number of aliphatic hydroxyl groups is 1. The van der Waals surface area contributed by atoms with Gasteiger partial charge in [-0.1, -0.05) is 19.1 Å². The Hall–Kier alpha value is -1.53. The Balaban J connectivity index is 2.14. The summed E-state index contributed by atoms with van der Waals surface area (Å²) in [6, 6.07) is 7.93. The predicted octanol–water partition coefficient (Wildman–Crippen LogP) is 2.51. The number of aliphatic hydroxyl groups excluding tert-OH is 1. The fourth-order valence-electron chi connectivity index (χ4n) is 2.14. The van der Waals surface area contributed by atoms with Gasteiger partial charge < -0.3 is 9.84 Å². The number of hydrogen-bond acceptors (Lipinski definition) is 5. The quantitative estimate of drug-likeness (QED) is 0.809. The second-order valence-electron chi connectivity index (χ2n) is 5.15. The number of benzene rings is 1. The maximum atomic E-state index is 9.85. The summed E-state index contributed by atoms with van der Waals surface area (Å²) in [6.07, 6.45) is 3.06. The number of aromatic nitrogens is 3. The molecule has 0 aliphatic rings. The number of rotatable bonds is 8. The molecule has 1 aromatic heterocycles. The molecular formula is C16H23N3O2S. The number of nitrogens with zero attached hydrogens (tertiary/aromatic N) is 3. The molecule has 0 unspecified atom stereocenters. The SMILES string of the molecule is CC[C@H](O)Cn1nc(Cc2ccc(OC)cc2)nc1CSC. The van der Waals surface area contributed by atoms with Crippen molar-refractivity contribution < 1.29 is 9.84 Å². The Bertz CT molecular complexity index is 584. The first-order valence-electron chi connectivity index (χ1n) is 7.38. The van der Waals surface area contributed by atoms with Gasteiger partial charge in [0.25, 0.3) is 0 Å². The molecule has 2 rings (SSSR count). The van der Waals surface area contributed by atoms with Crippen LogP contribution in [0.25, 0.3) is 0 Å². The molecule has 1 aromatic carbocycles. The molecule has 0 spiro atoms. The minimum Gasteiger partial charge on any atom is -0.497 e. The largest absolute Gasteiger partial charge is 0.497 e. The summed E-state index contributed by atoms with van der Waals surface area (Å²) in [5, 5.41) is 14.4. The van der Waals surface area contributed by atoms with Crippen LogP contribution in [0.2, 0.25) is 0 Å². The Morgan fingerprint density at radius 1 is 1.32 bits per heavy atom. The summed E-state index contributed by atoms with van der Waals surface area (Å²) in [6.45, 7) is 2.47. The highest BCUT2D eigenvalue weighted by Crippen LogP contribution is 2.15. The average molecular weight is 321 g/mol. The Morgan fingerprint density at radius 3 is 2.64 bits per heavy atom. The van der Waals surface area contributed by atoms with Crippen molar-refractivity contribution in [3.63, 3.8) is 0 Å². The molecule has 5 nitrogen and oxygen atoms in total. The fourth-order valence-corrected chi connectivity index (χ4v) is 2.61. The molecule has 0 saturated heterocycles. The maximum absolute atomic E-state index is 9.85. The summed E-state index contributed by atoms with van der Waals surface area (Å²) >= 11 is 1.71. The molecule has 0 amide bonds. The monoisotopic (exact) mass is 321 g/mol. The van der Waals surface area contributed by atoms with E-state index in [9.17, 15) is 5.11 Å². The molecule has 1 heterocycles. The van der Waals surface area contributed by atoms with Gasteiger partial charge in [-0.25, -0.2) is 9.67 Å². The van der Waals surface area contributed by atoms with Gasteiger partial charge in [-0.2, -0.15) is 16.9 Å². The van der Waals surface area contributed by atoms with Crippen LogP contribution in [0.5, 0.6) is 5.75 Å². The summed E-state index contributed by atoms with van der Waals surface area (Å²) in [5.41, 5.74) is 1.14. The van der Waals surface area contributed by atoms with Gasteiger partial charge >= 0.3 is 0 Å². The number of thioether (sulfide) groups is 1. The second kappa shape index (κ2) is 8.19. The van der Waals surface area contributed by atoms with Crippen LogP contribution in [0, 0.1) is 0 Å². The van der Waals surface area contributed by atoms with Crippen molar-refractivity contribution in [1.29, 1.82) is 0 Å². The Labute approximate surface area is 135 Å². The van der Waals surface area contributed by atoms with Crippen LogP contribution in [0.3, 0.4) is 0 Å². The minimum absolute atomic E-state index is 0.379. The maximum Gasteiger partial charge on any atom is 0.155 e. The zero-order valence-corrected chi connectivity index (χ0v) is 14.1. The lowest BCUT2D eigenvalue weighted by molar-refractivity contribution is 0.144. The highest BCUT2D eigenvalue weighted by molar-refractivity contribution is 7.97. The number of hydrogen-bond donors (Lipinski definition) is 1. The van der Waals surface area contributed by atoms with Crippen molar-refractivity contribution >= 4 is 11.8 Å². The smallest absolute Gasteiger partial charge is 0.155 e. The van der Waals surface area contributed by atoms with Crippen molar-refractivity contribution in [2.45, 2.75) is 38.2 Å². The van der Waals surface area contributed by atoms with Crippen molar-refractivity contribution in [3.05, 3.63) is 41.5 Å². The molecule has 6 heteroatoms.